The first kappa shape index (κ1) is 13.4. The van der Waals surface area contributed by atoms with Gasteiger partial charge in [0.15, 0.2) is 0 Å². The zero-order chi connectivity index (χ0) is 12.3. The average molecular weight is 238 g/mol. The van der Waals surface area contributed by atoms with Gasteiger partial charge < -0.3 is 5.32 Å². The summed E-state index contributed by atoms with van der Waals surface area (Å²) in [6.45, 7) is 12.2. The minimum absolute atomic E-state index is 0.812. The van der Waals surface area contributed by atoms with Crippen LogP contribution in [-0.2, 0) is 0 Å². The molecule has 0 aromatic rings. The molecule has 17 heavy (non-hydrogen) atoms. The van der Waals surface area contributed by atoms with Crippen LogP contribution in [0.15, 0.2) is 0 Å². The summed E-state index contributed by atoms with van der Waals surface area (Å²) in [7, 11) is 0. The van der Waals surface area contributed by atoms with Gasteiger partial charge in [-0.3, -0.25) is 4.90 Å². The van der Waals surface area contributed by atoms with Crippen LogP contribution in [0.25, 0.3) is 0 Å². The molecule has 2 nitrogen and oxygen atoms in total. The van der Waals surface area contributed by atoms with Crippen LogP contribution in [0.3, 0.4) is 0 Å². The van der Waals surface area contributed by atoms with Gasteiger partial charge in [-0.05, 0) is 37.1 Å². The van der Waals surface area contributed by atoms with E-state index in [-0.39, 0.29) is 0 Å². The zero-order valence-electron chi connectivity index (χ0n) is 11.9. The molecule has 0 radical (unpaired) electrons. The fraction of sp³-hybridized carbons (Fsp3) is 1.00. The molecule has 1 saturated carbocycles. The smallest absolute Gasteiger partial charge is 0.0127 e. The molecular formula is C15H30N2. The van der Waals surface area contributed by atoms with Crippen molar-refractivity contribution in [1.29, 1.82) is 0 Å². The molecule has 2 rings (SSSR count). The van der Waals surface area contributed by atoms with Gasteiger partial charge in [0.05, 0.1) is 0 Å². The minimum atomic E-state index is 0.812. The molecule has 0 aromatic carbocycles. The molecule has 0 aromatic heterocycles. The molecule has 1 N–H and O–H groups in total. The molecule has 2 fully saturated rings. The van der Waals surface area contributed by atoms with E-state index < -0.39 is 0 Å². The van der Waals surface area contributed by atoms with Crippen LogP contribution in [0, 0.1) is 17.8 Å². The van der Waals surface area contributed by atoms with E-state index in [4.69, 9.17) is 0 Å². The van der Waals surface area contributed by atoms with Crippen molar-refractivity contribution in [3.63, 3.8) is 0 Å². The van der Waals surface area contributed by atoms with Crippen LogP contribution >= 0.6 is 0 Å². The van der Waals surface area contributed by atoms with Crippen LogP contribution in [0.1, 0.15) is 46.5 Å². The molecular weight excluding hydrogens is 208 g/mol. The number of rotatable bonds is 2. The summed E-state index contributed by atoms with van der Waals surface area (Å²) in [6, 6.07) is 0.867. The summed E-state index contributed by atoms with van der Waals surface area (Å²) >= 11 is 0. The summed E-state index contributed by atoms with van der Waals surface area (Å²) in [6.07, 6.45) is 5.81. The molecule has 3 unspecified atom stereocenters. The molecule has 100 valence electrons. The standard InChI is InChI=1S/C15H30N2/c1-12(2)14-6-4-5-7-15(14)17-9-8-16-10-13(3)11-17/h12-16H,4-11H2,1-3H3. The molecule has 1 aliphatic heterocycles. The van der Waals surface area contributed by atoms with E-state index in [1.807, 2.05) is 0 Å². The Kier molecular flexibility index (Phi) is 4.87. The Morgan fingerprint density at radius 3 is 2.71 bits per heavy atom. The summed E-state index contributed by atoms with van der Waals surface area (Å²) in [5.41, 5.74) is 0. The van der Waals surface area contributed by atoms with Gasteiger partial charge in [-0.15, -0.1) is 0 Å². The number of nitrogens with one attached hydrogen (secondary N) is 1. The Balaban J connectivity index is 2.01. The predicted octanol–water partition coefficient (Wildman–Crippen LogP) is 2.74. The topological polar surface area (TPSA) is 15.3 Å². The Morgan fingerprint density at radius 2 is 1.94 bits per heavy atom. The minimum Gasteiger partial charge on any atom is -0.315 e. The second-order valence-electron chi connectivity index (χ2n) is 6.56. The van der Waals surface area contributed by atoms with Crippen LogP contribution in [0.4, 0.5) is 0 Å². The van der Waals surface area contributed by atoms with Crippen molar-refractivity contribution in [1.82, 2.24) is 10.2 Å². The number of nitrogens with zero attached hydrogens (tertiary/aromatic N) is 1. The van der Waals surface area contributed by atoms with E-state index >= 15 is 0 Å². The van der Waals surface area contributed by atoms with Crippen molar-refractivity contribution >= 4 is 0 Å². The summed E-state index contributed by atoms with van der Waals surface area (Å²) in [5.74, 6) is 2.60. The number of hydrogen-bond donors (Lipinski definition) is 1. The molecule has 0 amide bonds. The Labute approximate surface area is 107 Å². The maximum Gasteiger partial charge on any atom is 0.0127 e. The largest absolute Gasteiger partial charge is 0.315 e. The normalized spacial score (nSPS) is 37.1. The van der Waals surface area contributed by atoms with Crippen molar-refractivity contribution < 1.29 is 0 Å². The van der Waals surface area contributed by atoms with Crippen molar-refractivity contribution in [3.05, 3.63) is 0 Å². The van der Waals surface area contributed by atoms with Gasteiger partial charge in [0.1, 0.15) is 0 Å². The third-order valence-electron chi connectivity index (χ3n) is 4.72. The van der Waals surface area contributed by atoms with Crippen LogP contribution in [0.5, 0.6) is 0 Å². The summed E-state index contributed by atoms with van der Waals surface area (Å²) < 4.78 is 0. The third-order valence-corrected chi connectivity index (χ3v) is 4.72. The van der Waals surface area contributed by atoms with Crippen LogP contribution in [-0.4, -0.2) is 37.1 Å². The maximum atomic E-state index is 3.57. The molecule has 1 aliphatic carbocycles. The molecule has 2 heteroatoms. The Morgan fingerprint density at radius 1 is 1.18 bits per heavy atom. The first-order chi connectivity index (χ1) is 8.18. The molecule has 1 heterocycles. The third kappa shape index (κ3) is 3.45. The monoisotopic (exact) mass is 238 g/mol. The van der Waals surface area contributed by atoms with Gasteiger partial charge in [0.25, 0.3) is 0 Å². The SMILES string of the molecule is CC1CNCCN(C2CCCCC2C(C)C)C1. The van der Waals surface area contributed by atoms with Gasteiger partial charge >= 0.3 is 0 Å². The maximum absolute atomic E-state index is 3.57. The van der Waals surface area contributed by atoms with Crippen LogP contribution in [0.2, 0.25) is 0 Å². The van der Waals surface area contributed by atoms with Gasteiger partial charge in [0, 0.05) is 25.7 Å². The molecule has 2 aliphatic rings. The van der Waals surface area contributed by atoms with E-state index in [9.17, 15) is 0 Å². The molecule has 0 bridgehead atoms. The number of hydrogen-bond acceptors (Lipinski definition) is 2. The van der Waals surface area contributed by atoms with E-state index in [2.05, 4.69) is 31.0 Å². The quantitative estimate of drug-likeness (QED) is 0.796. The summed E-state index contributed by atoms with van der Waals surface area (Å²) in [5, 5.41) is 3.57. The van der Waals surface area contributed by atoms with Crippen molar-refractivity contribution in [2.24, 2.45) is 17.8 Å². The van der Waals surface area contributed by atoms with Crippen molar-refractivity contribution in [2.45, 2.75) is 52.5 Å². The highest BCUT2D eigenvalue weighted by Gasteiger charge is 2.32. The summed E-state index contributed by atoms with van der Waals surface area (Å²) in [4.78, 5) is 2.80. The Bertz CT molecular complexity index is 227. The van der Waals surface area contributed by atoms with Gasteiger partial charge in [-0.1, -0.05) is 33.6 Å². The van der Waals surface area contributed by atoms with Gasteiger partial charge in [-0.25, -0.2) is 0 Å². The molecule has 1 saturated heterocycles. The fourth-order valence-corrected chi connectivity index (χ4v) is 3.80. The highest BCUT2D eigenvalue weighted by molar-refractivity contribution is 4.87. The molecule has 0 spiro atoms. The molecule has 3 atom stereocenters. The average Bonchev–Trinajstić information content (AvgIpc) is 2.54. The van der Waals surface area contributed by atoms with E-state index in [1.165, 1.54) is 51.9 Å². The lowest BCUT2D eigenvalue weighted by Gasteiger charge is -2.42. The Hall–Kier alpha value is -0.0800. The highest BCUT2D eigenvalue weighted by atomic mass is 15.2. The zero-order valence-corrected chi connectivity index (χ0v) is 11.9. The second kappa shape index (κ2) is 6.19. The van der Waals surface area contributed by atoms with E-state index in [0.29, 0.717) is 0 Å². The lowest BCUT2D eigenvalue weighted by atomic mass is 9.77. The first-order valence-electron chi connectivity index (χ1n) is 7.63. The highest BCUT2D eigenvalue weighted by Crippen LogP contribution is 2.34. The van der Waals surface area contributed by atoms with Crippen molar-refractivity contribution in [3.8, 4) is 0 Å². The first-order valence-corrected chi connectivity index (χ1v) is 7.63. The van der Waals surface area contributed by atoms with E-state index in [0.717, 1.165) is 23.8 Å². The predicted molar refractivity (Wildman–Crippen MR) is 74.2 cm³/mol. The lowest BCUT2D eigenvalue weighted by molar-refractivity contribution is 0.0760. The fourth-order valence-electron chi connectivity index (χ4n) is 3.80. The lowest BCUT2D eigenvalue weighted by Crippen LogP contribution is -2.46. The van der Waals surface area contributed by atoms with Crippen LogP contribution < -0.4 is 5.32 Å². The van der Waals surface area contributed by atoms with Crippen molar-refractivity contribution in [2.75, 3.05) is 26.2 Å². The van der Waals surface area contributed by atoms with Gasteiger partial charge in [-0.2, -0.15) is 0 Å². The second-order valence-corrected chi connectivity index (χ2v) is 6.56. The van der Waals surface area contributed by atoms with E-state index in [1.54, 1.807) is 0 Å². The van der Waals surface area contributed by atoms with Gasteiger partial charge in [0.2, 0.25) is 0 Å².